The topological polar surface area (TPSA) is 40.5 Å². The average Bonchev–Trinajstić information content (AvgIpc) is 2.03. The third-order valence-corrected chi connectivity index (χ3v) is 2.26. The predicted molar refractivity (Wildman–Crippen MR) is 55.6 cm³/mol. The van der Waals surface area contributed by atoms with Crippen molar-refractivity contribution in [2.75, 3.05) is 0 Å². The molecule has 0 aliphatic heterocycles. The highest BCUT2D eigenvalue weighted by molar-refractivity contribution is 4.68. The van der Waals surface area contributed by atoms with Crippen molar-refractivity contribution in [3.8, 4) is 0 Å². The summed E-state index contributed by atoms with van der Waals surface area (Å²) in [6.45, 7) is 6.25. The van der Waals surface area contributed by atoms with Gasteiger partial charge in [-0.1, -0.05) is 40.0 Å². The summed E-state index contributed by atoms with van der Waals surface area (Å²) in [6, 6.07) is 0. The second kappa shape index (κ2) is 7.34. The molecule has 80 valence electrons. The Balaban J connectivity index is 3.50. The third kappa shape index (κ3) is 7.03. The quantitative estimate of drug-likeness (QED) is 0.602. The van der Waals surface area contributed by atoms with Crippen LogP contribution in [0.25, 0.3) is 0 Å². The number of aliphatic hydroxyl groups is 2. The van der Waals surface area contributed by atoms with E-state index in [-0.39, 0.29) is 0 Å². The second-order valence-corrected chi connectivity index (χ2v) is 4.26. The molecular weight excluding hydrogens is 164 g/mol. The van der Waals surface area contributed by atoms with E-state index >= 15 is 0 Å². The van der Waals surface area contributed by atoms with Gasteiger partial charge in [0, 0.05) is 0 Å². The second-order valence-electron chi connectivity index (χ2n) is 4.26. The van der Waals surface area contributed by atoms with Crippen LogP contribution in [0.15, 0.2) is 0 Å². The van der Waals surface area contributed by atoms with Crippen LogP contribution in [0.2, 0.25) is 0 Å². The standard InChI is InChI=1S/C11H24O2/c1-4-5-6-7-10(12)11(13)8-9(2)3/h9-13H,4-8H2,1-3H3. The zero-order valence-electron chi connectivity index (χ0n) is 9.16. The van der Waals surface area contributed by atoms with Crippen LogP contribution in [-0.4, -0.2) is 22.4 Å². The van der Waals surface area contributed by atoms with E-state index in [1.807, 2.05) is 0 Å². The van der Waals surface area contributed by atoms with Crippen molar-refractivity contribution in [1.29, 1.82) is 0 Å². The molecule has 2 nitrogen and oxygen atoms in total. The molecule has 0 spiro atoms. The first-order valence-electron chi connectivity index (χ1n) is 5.44. The summed E-state index contributed by atoms with van der Waals surface area (Å²) in [5.41, 5.74) is 0. The molecule has 0 rings (SSSR count). The van der Waals surface area contributed by atoms with E-state index in [1.165, 1.54) is 0 Å². The van der Waals surface area contributed by atoms with Gasteiger partial charge in [0.05, 0.1) is 12.2 Å². The predicted octanol–water partition coefficient (Wildman–Crippen LogP) is 2.33. The van der Waals surface area contributed by atoms with Crippen molar-refractivity contribution in [3.05, 3.63) is 0 Å². The fourth-order valence-corrected chi connectivity index (χ4v) is 1.44. The molecule has 13 heavy (non-hydrogen) atoms. The van der Waals surface area contributed by atoms with E-state index in [9.17, 15) is 10.2 Å². The number of hydrogen-bond donors (Lipinski definition) is 2. The zero-order chi connectivity index (χ0) is 10.3. The lowest BCUT2D eigenvalue weighted by atomic mass is 9.98. The van der Waals surface area contributed by atoms with Crippen molar-refractivity contribution in [2.24, 2.45) is 5.92 Å². The van der Waals surface area contributed by atoms with Crippen LogP contribution in [0.3, 0.4) is 0 Å². The highest BCUT2D eigenvalue weighted by Crippen LogP contribution is 2.13. The molecule has 0 radical (unpaired) electrons. The molecule has 2 heteroatoms. The Morgan fingerprint density at radius 2 is 1.62 bits per heavy atom. The van der Waals surface area contributed by atoms with Crippen molar-refractivity contribution in [1.82, 2.24) is 0 Å². The molecule has 0 aliphatic carbocycles. The molecule has 0 bridgehead atoms. The Hall–Kier alpha value is -0.0800. The molecule has 0 aromatic carbocycles. The van der Waals surface area contributed by atoms with Crippen molar-refractivity contribution < 1.29 is 10.2 Å². The highest BCUT2D eigenvalue weighted by Gasteiger charge is 2.16. The smallest absolute Gasteiger partial charge is 0.0801 e. The van der Waals surface area contributed by atoms with Crippen LogP contribution in [0.5, 0.6) is 0 Å². The number of rotatable bonds is 7. The van der Waals surface area contributed by atoms with Crippen LogP contribution in [0.4, 0.5) is 0 Å². The van der Waals surface area contributed by atoms with Crippen LogP contribution in [0, 0.1) is 5.92 Å². The molecule has 0 amide bonds. The molecule has 0 aromatic heterocycles. The van der Waals surface area contributed by atoms with Gasteiger partial charge in [-0.15, -0.1) is 0 Å². The van der Waals surface area contributed by atoms with Gasteiger partial charge in [0.1, 0.15) is 0 Å². The Labute approximate surface area is 82.0 Å². The Morgan fingerprint density at radius 3 is 2.08 bits per heavy atom. The van der Waals surface area contributed by atoms with Gasteiger partial charge in [0.2, 0.25) is 0 Å². The van der Waals surface area contributed by atoms with Crippen molar-refractivity contribution in [3.63, 3.8) is 0 Å². The maximum Gasteiger partial charge on any atom is 0.0801 e. The molecule has 2 atom stereocenters. The normalized spacial score (nSPS) is 16.2. The van der Waals surface area contributed by atoms with Gasteiger partial charge >= 0.3 is 0 Å². The summed E-state index contributed by atoms with van der Waals surface area (Å²) >= 11 is 0. The Kier molecular flexibility index (Phi) is 7.29. The zero-order valence-corrected chi connectivity index (χ0v) is 9.16. The van der Waals surface area contributed by atoms with Gasteiger partial charge in [0.25, 0.3) is 0 Å². The van der Waals surface area contributed by atoms with Crippen LogP contribution in [-0.2, 0) is 0 Å². The molecule has 0 fully saturated rings. The van der Waals surface area contributed by atoms with E-state index in [0.717, 1.165) is 25.7 Å². The van der Waals surface area contributed by atoms with E-state index in [0.29, 0.717) is 12.3 Å². The molecule has 0 heterocycles. The van der Waals surface area contributed by atoms with E-state index in [1.54, 1.807) is 0 Å². The minimum atomic E-state index is -0.531. The summed E-state index contributed by atoms with van der Waals surface area (Å²) in [5, 5.41) is 19.1. The minimum Gasteiger partial charge on any atom is -0.390 e. The first-order valence-corrected chi connectivity index (χ1v) is 5.44. The van der Waals surface area contributed by atoms with Gasteiger partial charge in [-0.25, -0.2) is 0 Å². The Morgan fingerprint density at radius 1 is 1.00 bits per heavy atom. The lowest BCUT2D eigenvalue weighted by Gasteiger charge is -2.19. The SMILES string of the molecule is CCCCCC(O)C(O)CC(C)C. The fraction of sp³-hybridized carbons (Fsp3) is 1.00. The fourth-order valence-electron chi connectivity index (χ4n) is 1.44. The molecule has 0 saturated heterocycles. The van der Waals surface area contributed by atoms with E-state index in [2.05, 4.69) is 20.8 Å². The molecule has 0 saturated carbocycles. The van der Waals surface area contributed by atoms with Gasteiger partial charge in [-0.3, -0.25) is 0 Å². The number of unbranched alkanes of at least 4 members (excludes halogenated alkanes) is 2. The summed E-state index contributed by atoms with van der Waals surface area (Å²) in [5.74, 6) is 0.454. The molecular formula is C11H24O2. The van der Waals surface area contributed by atoms with Crippen LogP contribution >= 0.6 is 0 Å². The van der Waals surface area contributed by atoms with Crippen LogP contribution < -0.4 is 0 Å². The van der Waals surface area contributed by atoms with Crippen LogP contribution in [0.1, 0.15) is 52.9 Å². The number of hydrogen-bond acceptors (Lipinski definition) is 2. The molecule has 0 aliphatic rings. The molecule has 0 aromatic rings. The monoisotopic (exact) mass is 188 g/mol. The first-order chi connectivity index (χ1) is 6.07. The highest BCUT2D eigenvalue weighted by atomic mass is 16.3. The molecule has 2 N–H and O–H groups in total. The summed E-state index contributed by atoms with van der Waals surface area (Å²) in [6.07, 6.45) is 3.71. The van der Waals surface area contributed by atoms with Gasteiger partial charge in [0.15, 0.2) is 0 Å². The van der Waals surface area contributed by atoms with Gasteiger partial charge < -0.3 is 10.2 Å². The summed E-state index contributed by atoms with van der Waals surface area (Å²) < 4.78 is 0. The maximum atomic E-state index is 9.54. The summed E-state index contributed by atoms with van der Waals surface area (Å²) in [4.78, 5) is 0. The third-order valence-electron chi connectivity index (χ3n) is 2.26. The maximum absolute atomic E-state index is 9.54. The van der Waals surface area contributed by atoms with E-state index in [4.69, 9.17) is 0 Å². The molecule has 2 unspecified atom stereocenters. The lowest BCUT2D eigenvalue weighted by Crippen LogP contribution is -2.27. The Bertz CT molecular complexity index is 113. The minimum absolute atomic E-state index is 0.454. The van der Waals surface area contributed by atoms with Gasteiger partial charge in [-0.2, -0.15) is 0 Å². The average molecular weight is 188 g/mol. The van der Waals surface area contributed by atoms with Gasteiger partial charge in [-0.05, 0) is 18.8 Å². The number of aliphatic hydroxyl groups excluding tert-OH is 2. The van der Waals surface area contributed by atoms with Crippen molar-refractivity contribution in [2.45, 2.75) is 65.1 Å². The van der Waals surface area contributed by atoms with Crippen molar-refractivity contribution >= 4 is 0 Å². The van der Waals surface area contributed by atoms with E-state index < -0.39 is 12.2 Å². The largest absolute Gasteiger partial charge is 0.390 e. The summed E-state index contributed by atoms with van der Waals surface area (Å²) in [7, 11) is 0. The lowest BCUT2D eigenvalue weighted by molar-refractivity contribution is 0.00186. The first kappa shape index (κ1) is 12.9.